The first-order valence-corrected chi connectivity index (χ1v) is 15.4. The largest absolute Gasteiger partial charge is 0.396 e. The monoisotopic (exact) mass is 543 g/mol. The highest BCUT2D eigenvalue weighted by Crippen LogP contribution is 2.58. The van der Waals surface area contributed by atoms with Gasteiger partial charge in [0.05, 0.1) is 28.3 Å². The first kappa shape index (κ1) is 26.4. The molecule has 0 spiro atoms. The summed E-state index contributed by atoms with van der Waals surface area (Å²) in [6, 6.07) is 11.4. The van der Waals surface area contributed by atoms with Gasteiger partial charge < -0.3 is 15.3 Å². The predicted molar refractivity (Wildman–Crippen MR) is 151 cm³/mol. The number of nitrogens with zero attached hydrogens (tertiary/aromatic N) is 2. The second-order valence-electron chi connectivity index (χ2n) is 11.7. The van der Waals surface area contributed by atoms with Gasteiger partial charge in [-0.2, -0.15) is 0 Å². The van der Waals surface area contributed by atoms with Crippen LogP contribution >= 0.6 is 11.8 Å². The van der Waals surface area contributed by atoms with E-state index in [1.54, 1.807) is 38.6 Å². The van der Waals surface area contributed by atoms with Gasteiger partial charge in [0.1, 0.15) is 0 Å². The molecule has 5 rings (SSSR count). The van der Waals surface area contributed by atoms with Crippen molar-refractivity contribution in [2.45, 2.75) is 56.6 Å². The summed E-state index contributed by atoms with van der Waals surface area (Å²) in [7, 11) is -3.53. The number of hydrogen-bond acceptors (Lipinski definition) is 6. The molecule has 0 radical (unpaired) electrons. The third-order valence-electron chi connectivity index (χ3n) is 8.11. The van der Waals surface area contributed by atoms with Crippen molar-refractivity contribution in [3.63, 3.8) is 0 Å². The topological polar surface area (TPSA) is 89.9 Å². The lowest BCUT2D eigenvalue weighted by molar-refractivity contribution is 0.102. The quantitative estimate of drug-likeness (QED) is 0.490. The van der Waals surface area contributed by atoms with Crippen LogP contribution in [0.3, 0.4) is 0 Å². The summed E-state index contributed by atoms with van der Waals surface area (Å²) in [4.78, 5) is 16.9. The van der Waals surface area contributed by atoms with Gasteiger partial charge >= 0.3 is 0 Å². The molecule has 0 bridgehead atoms. The molecule has 2 aromatic carbocycles. The molecule has 200 valence electrons. The van der Waals surface area contributed by atoms with Crippen LogP contribution in [0.15, 0.2) is 41.3 Å². The average molecular weight is 544 g/mol. The van der Waals surface area contributed by atoms with Crippen LogP contribution in [0.5, 0.6) is 0 Å². The maximum absolute atomic E-state index is 13.6. The number of amides is 1. The van der Waals surface area contributed by atoms with E-state index in [2.05, 4.69) is 23.2 Å². The molecule has 1 saturated carbocycles. The Morgan fingerprint density at radius 1 is 1.16 bits per heavy atom. The van der Waals surface area contributed by atoms with E-state index in [9.17, 15) is 18.3 Å². The zero-order valence-corrected chi connectivity index (χ0v) is 23.7. The van der Waals surface area contributed by atoms with Crippen LogP contribution in [0.4, 0.5) is 17.1 Å². The molecule has 0 aromatic heterocycles. The minimum absolute atomic E-state index is 0.104. The van der Waals surface area contributed by atoms with Crippen molar-refractivity contribution in [3.8, 4) is 0 Å². The Hall–Kier alpha value is -2.23. The Morgan fingerprint density at radius 2 is 1.95 bits per heavy atom. The Balaban J connectivity index is 1.41. The van der Waals surface area contributed by atoms with Crippen molar-refractivity contribution in [1.29, 1.82) is 0 Å². The van der Waals surface area contributed by atoms with E-state index in [1.165, 1.54) is 10.7 Å². The number of nitrogens with one attached hydrogen (secondary N) is 1. The molecule has 2 heterocycles. The van der Waals surface area contributed by atoms with Gasteiger partial charge in [0.25, 0.3) is 5.91 Å². The lowest BCUT2D eigenvalue weighted by atomic mass is 9.96. The number of fused-ring (bicyclic) bond motifs is 2. The number of anilines is 3. The van der Waals surface area contributed by atoms with E-state index in [1.807, 2.05) is 24.3 Å². The smallest absolute Gasteiger partial charge is 0.257 e. The molecule has 9 heteroatoms. The molecule has 2 fully saturated rings. The highest BCUT2D eigenvalue weighted by atomic mass is 32.2. The molecule has 7 nitrogen and oxygen atoms in total. The van der Waals surface area contributed by atoms with Crippen LogP contribution in [-0.2, 0) is 16.4 Å². The normalized spacial score (nSPS) is 23.0. The molecular weight excluding hydrogens is 506 g/mol. The van der Waals surface area contributed by atoms with E-state index in [4.69, 9.17) is 0 Å². The summed E-state index contributed by atoms with van der Waals surface area (Å²) in [5.74, 6) is 1.06. The van der Waals surface area contributed by atoms with Gasteiger partial charge in [-0.25, -0.2) is 8.42 Å². The Labute approximate surface area is 224 Å². The third-order valence-corrected chi connectivity index (χ3v) is 11.6. The highest BCUT2D eigenvalue weighted by Gasteiger charge is 2.52. The van der Waals surface area contributed by atoms with E-state index < -0.39 is 14.8 Å². The fourth-order valence-electron chi connectivity index (χ4n) is 5.49. The van der Waals surface area contributed by atoms with Gasteiger partial charge in [0.15, 0.2) is 0 Å². The fraction of sp³-hybridized carbons (Fsp3) is 0.536. The number of thioether (sulfide) groups is 1. The van der Waals surface area contributed by atoms with Gasteiger partial charge in [-0.05, 0) is 87.3 Å². The van der Waals surface area contributed by atoms with Crippen molar-refractivity contribution in [3.05, 3.63) is 47.5 Å². The minimum atomic E-state index is -3.53. The van der Waals surface area contributed by atoms with Crippen LogP contribution in [-0.4, -0.2) is 56.2 Å². The van der Waals surface area contributed by atoms with Gasteiger partial charge in [-0.15, -0.1) is 11.8 Å². The van der Waals surface area contributed by atoms with Crippen molar-refractivity contribution in [2.75, 3.05) is 46.5 Å². The van der Waals surface area contributed by atoms with E-state index in [-0.39, 0.29) is 12.5 Å². The standard InChI is InChI=1S/C28H37N3O4S2/c1-27(2,3)37(34,35)31-11-9-19-5-6-21(15-24(19)31)29-26(33)23-8-7-22(36-14-13-32)16-25(23)30-12-10-28(4)17-20(28)18-30/h5-8,15-16,20,32H,9-14,17-18H2,1-4H3,(H,29,33). The number of aliphatic hydroxyl groups is 1. The molecule has 1 amide bonds. The number of hydrogen-bond donors (Lipinski definition) is 2. The SMILES string of the molecule is CC12CCN(c3cc(SCCO)ccc3C(=O)Nc3ccc4c(c3)N(S(=O)(=O)C(C)(C)C)CC4)CC1C2. The van der Waals surface area contributed by atoms with E-state index >= 15 is 0 Å². The summed E-state index contributed by atoms with van der Waals surface area (Å²) in [6.07, 6.45) is 3.02. The third kappa shape index (κ3) is 4.98. The van der Waals surface area contributed by atoms with Crippen LogP contribution < -0.4 is 14.5 Å². The Kier molecular flexibility index (Phi) is 6.78. The van der Waals surface area contributed by atoms with Gasteiger partial charge in [-0.3, -0.25) is 9.10 Å². The number of benzene rings is 2. The molecule has 2 atom stereocenters. The average Bonchev–Trinajstić information content (AvgIpc) is 3.34. The maximum atomic E-state index is 13.6. The predicted octanol–water partition coefficient (Wildman–Crippen LogP) is 4.75. The molecule has 2 unspecified atom stereocenters. The van der Waals surface area contributed by atoms with Crippen LogP contribution in [0.2, 0.25) is 0 Å². The van der Waals surface area contributed by atoms with Crippen molar-refractivity contribution >= 4 is 44.8 Å². The van der Waals surface area contributed by atoms with Gasteiger partial charge in [0.2, 0.25) is 10.0 Å². The van der Waals surface area contributed by atoms with Gasteiger partial charge in [0, 0.05) is 36.0 Å². The number of carbonyl (C=O) groups is 1. The first-order valence-electron chi connectivity index (χ1n) is 13.0. The zero-order valence-electron chi connectivity index (χ0n) is 22.1. The van der Waals surface area contributed by atoms with Crippen molar-refractivity contribution in [2.24, 2.45) is 11.3 Å². The summed E-state index contributed by atoms with van der Waals surface area (Å²) >= 11 is 1.58. The fourth-order valence-corrected chi connectivity index (χ4v) is 7.59. The summed E-state index contributed by atoms with van der Waals surface area (Å²) in [5.41, 5.74) is 4.18. The molecular formula is C28H37N3O4S2. The van der Waals surface area contributed by atoms with Crippen LogP contribution in [0.25, 0.3) is 0 Å². The maximum Gasteiger partial charge on any atom is 0.257 e. The molecule has 2 aliphatic heterocycles. The number of sulfonamides is 1. The summed E-state index contributed by atoms with van der Waals surface area (Å²) in [6.45, 7) is 9.87. The highest BCUT2D eigenvalue weighted by molar-refractivity contribution is 7.99. The summed E-state index contributed by atoms with van der Waals surface area (Å²) < 4.78 is 26.9. The Morgan fingerprint density at radius 3 is 2.65 bits per heavy atom. The van der Waals surface area contributed by atoms with Crippen LogP contribution in [0.1, 0.15) is 56.5 Å². The second kappa shape index (κ2) is 9.50. The number of aliphatic hydroxyl groups excluding tert-OH is 1. The molecule has 1 saturated heterocycles. The lowest BCUT2D eigenvalue weighted by Gasteiger charge is -2.33. The molecule has 2 aromatic rings. The molecule has 1 aliphatic carbocycles. The molecule has 37 heavy (non-hydrogen) atoms. The number of piperidine rings is 1. The number of rotatable bonds is 7. The van der Waals surface area contributed by atoms with E-state index in [0.717, 1.165) is 35.7 Å². The molecule has 2 N–H and O–H groups in total. The van der Waals surface area contributed by atoms with Gasteiger partial charge in [-0.1, -0.05) is 13.0 Å². The molecule has 3 aliphatic rings. The van der Waals surface area contributed by atoms with Crippen molar-refractivity contribution in [1.82, 2.24) is 0 Å². The lowest BCUT2D eigenvalue weighted by Crippen LogP contribution is -2.42. The second-order valence-corrected chi connectivity index (χ2v) is 15.5. The Bertz CT molecular complexity index is 1320. The zero-order chi connectivity index (χ0) is 26.6. The number of carbonyl (C=O) groups excluding carboxylic acids is 1. The van der Waals surface area contributed by atoms with Crippen molar-refractivity contribution < 1.29 is 18.3 Å². The first-order chi connectivity index (χ1) is 17.4. The van der Waals surface area contributed by atoms with Crippen LogP contribution in [0, 0.1) is 11.3 Å². The summed E-state index contributed by atoms with van der Waals surface area (Å²) in [5, 5.41) is 12.3. The van der Waals surface area contributed by atoms with E-state index in [0.29, 0.717) is 47.0 Å². The minimum Gasteiger partial charge on any atom is -0.396 e.